The van der Waals surface area contributed by atoms with Crippen molar-refractivity contribution < 1.29 is 18.0 Å². The molecule has 0 fully saturated rings. The highest BCUT2D eigenvalue weighted by molar-refractivity contribution is 6.04. The molecule has 2 N–H and O–H groups in total. The number of halogens is 3. The monoisotopic (exact) mass is 492 g/mol. The smallest absolute Gasteiger partial charge is 0.377 e. The van der Waals surface area contributed by atoms with Crippen LogP contribution < -0.4 is 10.6 Å². The standard InChI is InChI=1S/C26H23F3N6O/c1-16-13-35(15-32-16)23-7-20(26(27,28)29)6-21(8-23)33-24(36)17-3-4-18-9-25(2,10-19(18)5-17)34-22-11-30-14-31-12-22/h3-8,11-15,34H,9-10H2,1-2H3,(H,33,36). The van der Waals surface area contributed by atoms with E-state index in [9.17, 15) is 18.0 Å². The SMILES string of the molecule is Cc1cn(-c2cc(NC(=O)c3ccc4c(c3)CC(C)(Nc3cncnc3)C4)cc(C(F)(F)F)c2)cn1. The van der Waals surface area contributed by atoms with Crippen molar-refractivity contribution in [3.05, 3.63) is 95.6 Å². The average Bonchev–Trinajstić information content (AvgIpc) is 3.40. The highest BCUT2D eigenvalue weighted by Gasteiger charge is 2.34. The van der Waals surface area contributed by atoms with Crippen LogP contribution in [0.2, 0.25) is 0 Å². The predicted molar refractivity (Wildman–Crippen MR) is 129 cm³/mol. The minimum atomic E-state index is -4.57. The Hall–Kier alpha value is -4.21. The number of hydrogen-bond acceptors (Lipinski definition) is 5. The summed E-state index contributed by atoms with van der Waals surface area (Å²) in [5.41, 5.74) is 3.12. The van der Waals surface area contributed by atoms with Crippen molar-refractivity contribution in [2.75, 3.05) is 10.6 Å². The lowest BCUT2D eigenvalue weighted by molar-refractivity contribution is -0.137. The number of nitrogens with zero attached hydrogens (tertiary/aromatic N) is 4. The summed E-state index contributed by atoms with van der Waals surface area (Å²) >= 11 is 0. The number of benzene rings is 2. The van der Waals surface area contributed by atoms with Crippen LogP contribution in [-0.4, -0.2) is 31.0 Å². The molecule has 0 aliphatic heterocycles. The van der Waals surface area contributed by atoms with Gasteiger partial charge in [-0.1, -0.05) is 6.07 Å². The van der Waals surface area contributed by atoms with Crippen molar-refractivity contribution in [1.82, 2.24) is 19.5 Å². The van der Waals surface area contributed by atoms with Gasteiger partial charge in [-0.15, -0.1) is 0 Å². The summed E-state index contributed by atoms with van der Waals surface area (Å²) in [6, 6.07) is 8.83. The van der Waals surface area contributed by atoms with Crippen LogP contribution in [0.3, 0.4) is 0 Å². The third-order valence-corrected chi connectivity index (χ3v) is 6.15. The molecule has 2 aromatic heterocycles. The summed E-state index contributed by atoms with van der Waals surface area (Å²) in [6.07, 6.45) is 4.78. The van der Waals surface area contributed by atoms with E-state index in [0.717, 1.165) is 35.4 Å². The molecule has 2 heterocycles. The van der Waals surface area contributed by atoms with Gasteiger partial charge in [-0.05, 0) is 68.1 Å². The molecule has 7 nitrogen and oxygen atoms in total. The van der Waals surface area contributed by atoms with E-state index < -0.39 is 17.6 Å². The summed E-state index contributed by atoms with van der Waals surface area (Å²) < 4.78 is 42.2. The van der Waals surface area contributed by atoms with Crippen LogP contribution >= 0.6 is 0 Å². The molecule has 36 heavy (non-hydrogen) atoms. The third kappa shape index (κ3) is 4.93. The second-order valence-corrected chi connectivity index (χ2v) is 9.29. The van der Waals surface area contributed by atoms with Gasteiger partial charge in [-0.3, -0.25) is 4.79 Å². The van der Waals surface area contributed by atoms with Crippen molar-refractivity contribution in [3.63, 3.8) is 0 Å². The number of rotatable bonds is 5. The Morgan fingerprint density at radius 2 is 1.78 bits per heavy atom. The van der Waals surface area contributed by atoms with Crippen molar-refractivity contribution in [1.29, 1.82) is 0 Å². The quantitative estimate of drug-likeness (QED) is 0.400. The van der Waals surface area contributed by atoms with E-state index in [1.54, 1.807) is 37.6 Å². The molecular weight excluding hydrogens is 469 g/mol. The summed E-state index contributed by atoms with van der Waals surface area (Å²) in [4.78, 5) is 25.2. The van der Waals surface area contributed by atoms with Crippen LogP contribution in [-0.2, 0) is 19.0 Å². The minimum Gasteiger partial charge on any atom is -0.377 e. The molecule has 10 heteroatoms. The van der Waals surface area contributed by atoms with Crippen LogP contribution in [0.4, 0.5) is 24.5 Å². The van der Waals surface area contributed by atoms with E-state index >= 15 is 0 Å². The molecule has 0 saturated heterocycles. The molecule has 0 spiro atoms. The van der Waals surface area contributed by atoms with Crippen molar-refractivity contribution in [2.45, 2.75) is 38.4 Å². The number of imidazole rings is 1. The number of hydrogen-bond donors (Lipinski definition) is 2. The first kappa shape index (κ1) is 23.5. The summed E-state index contributed by atoms with van der Waals surface area (Å²) in [5.74, 6) is -0.483. The van der Waals surface area contributed by atoms with Gasteiger partial charge < -0.3 is 15.2 Å². The fourth-order valence-electron chi connectivity index (χ4n) is 4.57. The first-order chi connectivity index (χ1) is 17.1. The molecule has 0 saturated carbocycles. The van der Waals surface area contributed by atoms with Crippen LogP contribution in [0.5, 0.6) is 0 Å². The maximum absolute atomic E-state index is 13.6. The molecule has 1 atom stereocenters. The number of fused-ring (bicyclic) bond motifs is 1. The largest absolute Gasteiger partial charge is 0.416 e. The lowest BCUT2D eigenvalue weighted by Gasteiger charge is -2.26. The Morgan fingerprint density at radius 1 is 1.03 bits per heavy atom. The Labute approximate surface area is 205 Å². The van der Waals surface area contributed by atoms with E-state index in [1.807, 2.05) is 6.07 Å². The first-order valence-electron chi connectivity index (χ1n) is 11.3. The number of aromatic nitrogens is 4. The van der Waals surface area contributed by atoms with E-state index in [0.29, 0.717) is 17.7 Å². The van der Waals surface area contributed by atoms with E-state index in [1.165, 1.54) is 23.3 Å². The number of nitrogens with one attached hydrogen (secondary N) is 2. The molecule has 4 aromatic rings. The van der Waals surface area contributed by atoms with Gasteiger partial charge in [-0.2, -0.15) is 13.2 Å². The topological polar surface area (TPSA) is 84.7 Å². The van der Waals surface area contributed by atoms with E-state index in [2.05, 4.69) is 32.5 Å². The molecule has 184 valence electrons. The van der Waals surface area contributed by atoms with Gasteiger partial charge in [0.25, 0.3) is 5.91 Å². The summed E-state index contributed by atoms with van der Waals surface area (Å²) in [6.45, 7) is 3.83. The molecule has 2 aromatic carbocycles. The van der Waals surface area contributed by atoms with Crippen LogP contribution in [0.15, 0.2) is 67.6 Å². The van der Waals surface area contributed by atoms with Crippen molar-refractivity contribution in [2.24, 2.45) is 0 Å². The zero-order valence-electron chi connectivity index (χ0n) is 19.6. The normalized spacial score (nSPS) is 17.0. The molecule has 0 radical (unpaired) electrons. The summed E-state index contributed by atoms with van der Waals surface area (Å²) in [7, 11) is 0. The molecule has 0 bridgehead atoms. The molecule has 1 aliphatic carbocycles. The molecule has 5 rings (SSSR count). The fraction of sp³-hybridized carbons (Fsp3) is 0.231. The van der Waals surface area contributed by atoms with Crippen LogP contribution in [0.25, 0.3) is 5.69 Å². The number of alkyl halides is 3. The first-order valence-corrected chi connectivity index (χ1v) is 11.3. The van der Waals surface area contributed by atoms with Gasteiger partial charge in [0.1, 0.15) is 6.33 Å². The fourth-order valence-corrected chi connectivity index (χ4v) is 4.57. The summed E-state index contributed by atoms with van der Waals surface area (Å²) in [5, 5.41) is 6.09. The number of carbonyl (C=O) groups is 1. The van der Waals surface area contributed by atoms with Gasteiger partial charge in [0, 0.05) is 28.7 Å². The van der Waals surface area contributed by atoms with Crippen molar-refractivity contribution >= 4 is 17.3 Å². The zero-order valence-corrected chi connectivity index (χ0v) is 19.6. The Bertz CT molecular complexity index is 1430. The maximum Gasteiger partial charge on any atom is 0.416 e. The second kappa shape index (κ2) is 8.78. The predicted octanol–water partition coefficient (Wildman–Crippen LogP) is 5.21. The zero-order chi connectivity index (χ0) is 25.5. The van der Waals surface area contributed by atoms with Crippen LogP contribution in [0.1, 0.15) is 39.7 Å². The van der Waals surface area contributed by atoms with Crippen molar-refractivity contribution in [3.8, 4) is 5.69 Å². The molecule has 1 unspecified atom stereocenters. The Balaban J connectivity index is 1.38. The Morgan fingerprint density at radius 3 is 2.47 bits per heavy atom. The average molecular weight is 493 g/mol. The molecule has 1 amide bonds. The lowest BCUT2D eigenvalue weighted by Crippen LogP contribution is -2.35. The minimum absolute atomic E-state index is 0.0484. The highest BCUT2D eigenvalue weighted by atomic mass is 19.4. The number of aryl methyl sites for hydroxylation is 1. The maximum atomic E-state index is 13.6. The number of anilines is 2. The van der Waals surface area contributed by atoms with Gasteiger partial charge in [0.2, 0.25) is 0 Å². The Kier molecular flexibility index (Phi) is 5.74. The number of carbonyl (C=O) groups excluding carboxylic acids is 1. The molecule has 1 aliphatic rings. The number of amides is 1. The van der Waals surface area contributed by atoms with Gasteiger partial charge >= 0.3 is 6.18 Å². The van der Waals surface area contributed by atoms with E-state index in [-0.39, 0.29) is 16.9 Å². The van der Waals surface area contributed by atoms with Gasteiger partial charge in [-0.25, -0.2) is 15.0 Å². The van der Waals surface area contributed by atoms with E-state index in [4.69, 9.17) is 0 Å². The van der Waals surface area contributed by atoms with Gasteiger partial charge in [0.15, 0.2) is 0 Å². The van der Waals surface area contributed by atoms with Gasteiger partial charge in [0.05, 0.1) is 35.7 Å². The third-order valence-electron chi connectivity index (χ3n) is 6.15. The molecular formula is C26H23F3N6O. The lowest BCUT2D eigenvalue weighted by atomic mass is 9.98. The van der Waals surface area contributed by atoms with Crippen LogP contribution in [0, 0.1) is 6.92 Å². The second-order valence-electron chi connectivity index (χ2n) is 9.29. The highest BCUT2D eigenvalue weighted by Crippen LogP contribution is 2.35.